The van der Waals surface area contributed by atoms with Crippen LogP contribution in [0.4, 0.5) is 0 Å². The van der Waals surface area contributed by atoms with Gasteiger partial charge in [-0.2, -0.15) is 0 Å². The molecule has 2 atom stereocenters. The summed E-state index contributed by atoms with van der Waals surface area (Å²) in [7, 11) is -3.32. The van der Waals surface area contributed by atoms with Gasteiger partial charge in [-0.1, -0.05) is 38.3 Å². The Morgan fingerprint density at radius 3 is 2.60 bits per heavy atom. The summed E-state index contributed by atoms with van der Waals surface area (Å²) in [5.74, 6) is -1.70. The number of amides is 1. The van der Waals surface area contributed by atoms with Crippen LogP contribution in [0.15, 0.2) is 29.2 Å². The minimum atomic E-state index is -3.32. The molecule has 1 aromatic carbocycles. The first kappa shape index (κ1) is 19.4. The first-order valence-electron chi connectivity index (χ1n) is 8.67. The fraction of sp³-hybridized carbons (Fsp3) is 0.556. The van der Waals surface area contributed by atoms with E-state index in [0.717, 1.165) is 19.3 Å². The van der Waals surface area contributed by atoms with Crippen LogP contribution in [0.3, 0.4) is 0 Å². The Hall–Kier alpha value is -1.89. The van der Waals surface area contributed by atoms with Crippen LogP contribution in [0.5, 0.6) is 0 Å². The number of hydrogen-bond acceptors (Lipinski definition) is 4. The molecule has 138 valence electrons. The zero-order valence-electron chi connectivity index (χ0n) is 14.4. The van der Waals surface area contributed by atoms with Crippen molar-refractivity contribution in [2.75, 3.05) is 5.75 Å². The average Bonchev–Trinajstić information content (AvgIpc) is 2.80. The minimum Gasteiger partial charge on any atom is -0.481 e. The first-order chi connectivity index (χ1) is 11.8. The Bertz CT molecular complexity index is 729. The van der Waals surface area contributed by atoms with Gasteiger partial charge in [0.2, 0.25) is 5.91 Å². The fourth-order valence-corrected chi connectivity index (χ4v) is 4.18. The summed E-state index contributed by atoms with van der Waals surface area (Å²) in [4.78, 5) is 24.0. The highest BCUT2D eigenvalue weighted by Crippen LogP contribution is 2.24. The van der Waals surface area contributed by atoms with Gasteiger partial charge in [0, 0.05) is 6.04 Å². The van der Waals surface area contributed by atoms with Gasteiger partial charge in [-0.3, -0.25) is 9.59 Å². The van der Waals surface area contributed by atoms with E-state index in [1.807, 2.05) is 0 Å². The Morgan fingerprint density at radius 1 is 1.20 bits per heavy atom. The smallest absolute Gasteiger partial charge is 0.308 e. The van der Waals surface area contributed by atoms with Crippen molar-refractivity contribution in [2.45, 2.75) is 56.4 Å². The molecule has 1 aromatic rings. The van der Waals surface area contributed by atoms with E-state index >= 15 is 0 Å². The molecule has 0 saturated heterocycles. The van der Waals surface area contributed by atoms with Gasteiger partial charge < -0.3 is 10.4 Å². The van der Waals surface area contributed by atoms with Gasteiger partial charge in [0.1, 0.15) is 0 Å². The summed E-state index contributed by atoms with van der Waals surface area (Å²) in [6.45, 7) is 1.58. The lowest BCUT2D eigenvalue weighted by molar-refractivity contribution is -0.143. The second-order valence-electron chi connectivity index (χ2n) is 6.48. The van der Waals surface area contributed by atoms with Crippen molar-refractivity contribution in [3.05, 3.63) is 29.8 Å². The SMILES string of the molecule is CCS(=O)(=O)c1cccc(CC(=O)N[C@H]2CCCCC[C@H]2C(=O)O)c1. The molecule has 0 spiro atoms. The zero-order chi connectivity index (χ0) is 18.4. The number of carboxylic acids is 1. The number of sulfone groups is 1. The highest BCUT2D eigenvalue weighted by Gasteiger charge is 2.30. The molecular formula is C18H25NO5S. The van der Waals surface area contributed by atoms with Crippen molar-refractivity contribution in [3.8, 4) is 0 Å². The maximum Gasteiger partial charge on any atom is 0.308 e. The highest BCUT2D eigenvalue weighted by atomic mass is 32.2. The van der Waals surface area contributed by atoms with Crippen molar-refractivity contribution in [2.24, 2.45) is 5.92 Å². The van der Waals surface area contributed by atoms with E-state index in [-0.39, 0.29) is 29.0 Å². The third-order valence-electron chi connectivity index (χ3n) is 4.68. The summed E-state index contributed by atoms with van der Waals surface area (Å²) in [5, 5.41) is 12.2. The van der Waals surface area contributed by atoms with Crippen LogP contribution in [0.1, 0.15) is 44.6 Å². The van der Waals surface area contributed by atoms with E-state index in [2.05, 4.69) is 5.32 Å². The average molecular weight is 367 g/mol. The van der Waals surface area contributed by atoms with Gasteiger partial charge in [-0.15, -0.1) is 0 Å². The van der Waals surface area contributed by atoms with Crippen LogP contribution in [0.25, 0.3) is 0 Å². The summed E-state index contributed by atoms with van der Waals surface area (Å²) in [6, 6.07) is 5.99. The van der Waals surface area contributed by atoms with E-state index in [1.54, 1.807) is 19.1 Å². The number of carbonyl (C=O) groups excluding carboxylic acids is 1. The van der Waals surface area contributed by atoms with E-state index in [4.69, 9.17) is 0 Å². The van der Waals surface area contributed by atoms with Gasteiger partial charge in [0.15, 0.2) is 9.84 Å². The van der Waals surface area contributed by atoms with E-state index in [9.17, 15) is 23.1 Å². The molecule has 1 amide bonds. The Morgan fingerprint density at radius 2 is 1.92 bits per heavy atom. The number of carbonyl (C=O) groups is 2. The highest BCUT2D eigenvalue weighted by molar-refractivity contribution is 7.91. The number of benzene rings is 1. The normalized spacial score (nSPS) is 21.3. The molecule has 0 bridgehead atoms. The lowest BCUT2D eigenvalue weighted by Gasteiger charge is -2.23. The largest absolute Gasteiger partial charge is 0.481 e. The maximum absolute atomic E-state index is 12.3. The monoisotopic (exact) mass is 367 g/mol. The van der Waals surface area contributed by atoms with Crippen LogP contribution in [-0.2, 0) is 25.8 Å². The quantitative estimate of drug-likeness (QED) is 0.751. The van der Waals surface area contributed by atoms with E-state index < -0.39 is 21.7 Å². The second kappa shape index (κ2) is 8.47. The standard InChI is InChI=1S/C18H25NO5S/c1-2-25(23,24)14-8-6-7-13(11-14)12-17(20)19-16-10-5-3-4-9-15(16)18(21)22/h6-8,11,15-16H,2-5,9-10,12H2,1H3,(H,19,20)(H,21,22)/t15-,16+/m1/s1. The third-order valence-corrected chi connectivity index (χ3v) is 6.41. The minimum absolute atomic E-state index is 0.00498. The van der Waals surface area contributed by atoms with Gasteiger partial charge in [0.25, 0.3) is 0 Å². The van der Waals surface area contributed by atoms with Crippen molar-refractivity contribution in [3.63, 3.8) is 0 Å². The van der Waals surface area contributed by atoms with Crippen molar-refractivity contribution < 1.29 is 23.1 Å². The van der Waals surface area contributed by atoms with Crippen LogP contribution in [0.2, 0.25) is 0 Å². The number of rotatable bonds is 6. The van der Waals surface area contributed by atoms with E-state index in [1.165, 1.54) is 12.1 Å². The lowest BCUT2D eigenvalue weighted by atomic mass is 9.94. The van der Waals surface area contributed by atoms with Crippen LogP contribution < -0.4 is 5.32 Å². The predicted octanol–water partition coefficient (Wildman–Crippen LogP) is 2.17. The molecule has 1 fully saturated rings. The Balaban J connectivity index is 2.06. The molecule has 25 heavy (non-hydrogen) atoms. The van der Waals surface area contributed by atoms with Crippen LogP contribution in [-0.4, -0.2) is 37.2 Å². The number of hydrogen-bond donors (Lipinski definition) is 2. The summed E-state index contributed by atoms with van der Waals surface area (Å²) in [5.41, 5.74) is 0.604. The number of aliphatic carboxylic acids is 1. The topological polar surface area (TPSA) is 101 Å². The van der Waals surface area contributed by atoms with Gasteiger partial charge in [0.05, 0.1) is 23.0 Å². The van der Waals surface area contributed by atoms with Crippen LogP contribution >= 0.6 is 0 Å². The Kier molecular flexibility index (Phi) is 6.58. The number of nitrogens with one attached hydrogen (secondary N) is 1. The second-order valence-corrected chi connectivity index (χ2v) is 8.76. The molecule has 2 rings (SSSR count). The molecule has 7 heteroatoms. The van der Waals surface area contributed by atoms with Gasteiger partial charge >= 0.3 is 5.97 Å². The lowest BCUT2D eigenvalue weighted by Crippen LogP contribution is -2.43. The molecule has 1 aliphatic carbocycles. The Labute approximate surface area is 148 Å². The molecule has 1 aliphatic rings. The van der Waals surface area contributed by atoms with Crippen LogP contribution in [0, 0.1) is 5.92 Å². The molecule has 0 radical (unpaired) electrons. The summed E-state index contributed by atoms with van der Waals surface area (Å²) >= 11 is 0. The molecular weight excluding hydrogens is 342 g/mol. The fourth-order valence-electron chi connectivity index (χ4n) is 3.23. The molecule has 0 heterocycles. The molecule has 0 aromatic heterocycles. The van der Waals surface area contributed by atoms with Crippen molar-refractivity contribution >= 4 is 21.7 Å². The predicted molar refractivity (Wildman–Crippen MR) is 94.0 cm³/mol. The van der Waals surface area contributed by atoms with Crippen molar-refractivity contribution in [1.29, 1.82) is 0 Å². The molecule has 0 aliphatic heterocycles. The summed E-state index contributed by atoms with van der Waals surface area (Å²) < 4.78 is 23.9. The summed E-state index contributed by atoms with van der Waals surface area (Å²) in [6.07, 6.45) is 4.01. The first-order valence-corrected chi connectivity index (χ1v) is 10.3. The van der Waals surface area contributed by atoms with Crippen molar-refractivity contribution in [1.82, 2.24) is 5.32 Å². The zero-order valence-corrected chi connectivity index (χ0v) is 15.2. The van der Waals surface area contributed by atoms with Gasteiger partial charge in [-0.05, 0) is 30.5 Å². The molecule has 2 N–H and O–H groups in total. The molecule has 6 nitrogen and oxygen atoms in total. The van der Waals surface area contributed by atoms with E-state index in [0.29, 0.717) is 18.4 Å². The van der Waals surface area contributed by atoms with Gasteiger partial charge in [-0.25, -0.2) is 8.42 Å². The third kappa shape index (κ3) is 5.29. The molecule has 0 unspecified atom stereocenters. The maximum atomic E-state index is 12.3. The molecule has 1 saturated carbocycles. The number of carboxylic acid groups (broad SMARTS) is 1.